The molecule has 2 fully saturated rings. The van der Waals surface area contributed by atoms with Crippen LogP contribution in [-0.4, -0.2) is 40.6 Å². The van der Waals surface area contributed by atoms with Crippen molar-refractivity contribution in [2.45, 2.75) is 24.9 Å². The number of benzene rings is 2. The third kappa shape index (κ3) is 2.60. The van der Waals surface area contributed by atoms with Gasteiger partial charge < -0.3 is 14.9 Å². The summed E-state index contributed by atoms with van der Waals surface area (Å²) in [6.07, 6.45) is 0.0897. The van der Waals surface area contributed by atoms with Crippen molar-refractivity contribution in [2.24, 2.45) is 11.8 Å². The molecule has 0 radical (unpaired) electrons. The van der Waals surface area contributed by atoms with Crippen LogP contribution in [0.4, 0.5) is 5.69 Å². The van der Waals surface area contributed by atoms with Crippen molar-refractivity contribution in [1.82, 2.24) is 5.32 Å². The lowest BCUT2D eigenvalue weighted by molar-refractivity contribution is -0.149. The number of hydrogen-bond donors (Lipinski definition) is 3. The van der Waals surface area contributed by atoms with Crippen LogP contribution >= 0.6 is 0 Å². The van der Waals surface area contributed by atoms with Gasteiger partial charge in [-0.2, -0.15) is 0 Å². The van der Waals surface area contributed by atoms with Gasteiger partial charge in [-0.3, -0.25) is 19.7 Å². The molecule has 0 spiro atoms. The van der Waals surface area contributed by atoms with Gasteiger partial charge in [-0.15, -0.1) is 0 Å². The van der Waals surface area contributed by atoms with Crippen molar-refractivity contribution in [3.8, 4) is 11.5 Å². The molecule has 156 valence electrons. The molecule has 2 aliphatic heterocycles. The Morgan fingerprint density at radius 2 is 1.83 bits per heavy atom. The molecular weight excluding hydrogens is 388 g/mol. The van der Waals surface area contributed by atoms with Gasteiger partial charge >= 0.3 is 5.97 Å². The third-order valence-electron chi connectivity index (χ3n) is 6.19. The number of anilines is 1. The first-order chi connectivity index (χ1) is 14.4. The van der Waals surface area contributed by atoms with E-state index in [4.69, 9.17) is 4.74 Å². The Morgan fingerprint density at radius 3 is 2.43 bits per heavy atom. The van der Waals surface area contributed by atoms with Crippen LogP contribution in [0.15, 0.2) is 48.5 Å². The van der Waals surface area contributed by atoms with E-state index in [1.165, 1.54) is 7.11 Å². The second-order valence-electron chi connectivity index (χ2n) is 7.50. The van der Waals surface area contributed by atoms with Crippen LogP contribution in [0.1, 0.15) is 24.9 Å². The zero-order chi connectivity index (χ0) is 21.6. The average Bonchev–Trinajstić information content (AvgIpc) is 3.23. The minimum absolute atomic E-state index is 0.0897. The zero-order valence-electron chi connectivity index (χ0n) is 16.5. The Kier molecular flexibility index (Phi) is 4.74. The normalized spacial score (nSPS) is 27.9. The molecule has 2 saturated heterocycles. The minimum Gasteiger partial charge on any atom is -0.504 e. The molecule has 8 nitrogen and oxygen atoms in total. The van der Waals surface area contributed by atoms with Crippen LogP contribution in [0.3, 0.4) is 0 Å². The Balaban J connectivity index is 1.88. The summed E-state index contributed by atoms with van der Waals surface area (Å²) in [6, 6.07) is 12.4. The number of fused-ring (bicyclic) bond motifs is 1. The fourth-order valence-corrected chi connectivity index (χ4v) is 4.73. The largest absolute Gasteiger partial charge is 0.504 e. The molecule has 30 heavy (non-hydrogen) atoms. The number of methoxy groups -OCH3 is 1. The summed E-state index contributed by atoms with van der Waals surface area (Å²) in [5.41, 5.74) is -0.927. The van der Waals surface area contributed by atoms with Crippen molar-refractivity contribution in [1.29, 1.82) is 0 Å². The first kappa shape index (κ1) is 19.9. The highest BCUT2D eigenvalue weighted by atomic mass is 16.5. The maximum absolute atomic E-state index is 13.4. The molecule has 2 aromatic carbocycles. The molecule has 4 rings (SSSR count). The van der Waals surface area contributed by atoms with E-state index in [9.17, 15) is 24.6 Å². The Bertz CT molecular complexity index is 1020. The number of aromatic hydroxyl groups is 1. The SMILES string of the molecule is CC[C@]1(C(=O)O)N[C@H](c2cccc(OC)c2O)[C@H]2C(=O)N(c3ccccc3)C(=O)[C@@H]21. The van der Waals surface area contributed by atoms with E-state index in [1.54, 1.807) is 55.5 Å². The fraction of sp³-hybridized carbons (Fsp3) is 0.318. The van der Waals surface area contributed by atoms with E-state index in [0.29, 0.717) is 11.3 Å². The second-order valence-corrected chi connectivity index (χ2v) is 7.50. The van der Waals surface area contributed by atoms with Gasteiger partial charge in [0.15, 0.2) is 11.5 Å². The minimum atomic E-state index is -1.64. The number of carboxylic acid groups (broad SMARTS) is 1. The highest BCUT2D eigenvalue weighted by molar-refractivity contribution is 6.24. The van der Waals surface area contributed by atoms with E-state index in [0.717, 1.165) is 4.90 Å². The van der Waals surface area contributed by atoms with Crippen LogP contribution in [0.2, 0.25) is 0 Å². The van der Waals surface area contributed by atoms with Gasteiger partial charge in [0.1, 0.15) is 5.54 Å². The number of para-hydroxylation sites is 2. The molecule has 0 aliphatic carbocycles. The molecule has 4 atom stereocenters. The summed E-state index contributed by atoms with van der Waals surface area (Å²) in [6.45, 7) is 1.66. The second kappa shape index (κ2) is 7.14. The van der Waals surface area contributed by atoms with Gasteiger partial charge in [0, 0.05) is 11.6 Å². The van der Waals surface area contributed by atoms with Crippen molar-refractivity contribution < 1.29 is 29.3 Å². The van der Waals surface area contributed by atoms with E-state index in [-0.39, 0.29) is 17.9 Å². The van der Waals surface area contributed by atoms with Gasteiger partial charge in [0.05, 0.1) is 24.6 Å². The van der Waals surface area contributed by atoms with Crippen LogP contribution < -0.4 is 15.0 Å². The smallest absolute Gasteiger partial charge is 0.324 e. The molecule has 2 aliphatic rings. The average molecular weight is 410 g/mol. The molecule has 2 amide bonds. The Labute approximate surface area is 173 Å². The lowest BCUT2D eigenvalue weighted by Gasteiger charge is -2.30. The Hall–Kier alpha value is -3.39. The maximum Gasteiger partial charge on any atom is 0.324 e. The molecule has 0 aromatic heterocycles. The molecule has 0 saturated carbocycles. The van der Waals surface area contributed by atoms with Crippen LogP contribution in [0.5, 0.6) is 11.5 Å². The molecule has 0 unspecified atom stereocenters. The van der Waals surface area contributed by atoms with Crippen LogP contribution in [0, 0.1) is 11.8 Å². The van der Waals surface area contributed by atoms with E-state index < -0.39 is 41.2 Å². The molecule has 3 N–H and O–H groups in total. The summed E-state index contributed by atoms with van der Waals surface area (Å²) >= 11 is 0. The van der Waals surface area contributed by atoms with Gasteiger partial charge in [0.2, 0.25) is 11.8 Å². The summed E-state index contributed by atoms with van der Waals surface area (Å²) in [5.74, 6) is -4.33. The van der Waals surface area contributed by atoms with Crippen molar-refractivity contribution in [3.63, 3.8) is 0 Å². The number of aliphatic carboxylic acids is 1. The fourth-order valence-electron chi connectivity index (χ4n) is 4.73. The predicted molar refractivity (Wildman–Crippen MR) is 107 cm³/mol. The van der Waals surface area contributed by atoms with Crippen molar-refractivity contribution >= 4 is 23.5 Å². The lowest BCUT2D eigenvalue weighted by Crippen LogP contribution is -2.55. The first-order valence-corrected chi connectivity index (χ1v) is 9.67. The number of ether oxygens (including phenoxy) is 1. The van der Waals surface area contributed by atoms with E-state index in [2.05, 4.69) is 5.32 Å². The highest BCUT2D eigenvalue weighted by Crippen LogP contribution is 2.52. The summed E-state index contributed by atoms with van der Waals surface area (Å²) < 4.78 is 5.16. The summed E-state index contributed by atoms with van der Waals surface area (Å²) in [7, 11) is 1.40. The van der Waals surface area contributed by atoms with Crippen molar-refractivity contribution in [2.75, 3.05) is 12.0 Å². The Morgan fingerprint density at radius 1 is 1.13 bits per heavy atom. The number of carboxylic acids is 1. The highest BCUT2D eigenvalue weighted by Gasteiger charge is 2.68. The van der Waals surface area contributed by atoms with Gasteiger partial charge in [-0.1, -0.05) is 37.3 Å². The van der Waals surface area contributed by atoms with E-state index >= 15 is 0 Å². The number of carbonyl (C=O) groups is 3. The molecule has 2 heterocycles. The predicted octanol–water partition coefficient (Wildman–Crippen LogP) is 2.08. The monoisotopic (exact) mass is 410 g/mol. The van der Waals surface area contributed by atoms with Gasteiger partial charge in [-0.05, 0) is 24.6 Å². The number of carbonyl (C=O) groups excluding carboxylic acids is 2. The van der Waals surface area contributed by atoms with Crippen LogP contribution in [0.25, 0.3) is 0 Å². The maximum atomic E-state index is 13.4. The molecular formula is C22H22N2O6. The topological polar surface area (TPSA) is 116 Å². The first-order valence-electron chi connectivity index (χ1n) is 9.67. The standard InChI is InChI=1S/C22H22N2O6/c1-3-22(21(28)29)16-15(17(23-22)13-10-7-11-14(30-2)18(13)25)19(26)24(20(16)27)12-8-5-4-6-9-12/h4-11,15-17,23,25H,3H2,1-2H3,(H,28,29)/t15-,16+,17+,22-/m0/s1. The number of phenolic OH excluding ortho intramolecular Hbond substituents is 1. The summed E-state index contributed by atoms with van der Waals surface area (Å²) in [4.78, 5) is 40.2. The molecule has 0 bridgehead atoms. The zero-order valence-corrected chi connectivity index (χ0v) is 16.5. The van der Waals surface area contributed by atoms with Gasteiger partial charge in [0.25, 0.3) is 0 Å². The number of imide groups is 1. The molecule has 2 aromatic rings. The quantitative estimate of drug-likeness (QED) is 0.646. The number of nitrogens with zero attached hydrogens (tertiary/aromatic N) is 1. The number of amides is 2. The third-order valence-corrected chi connectivity index (χ3v) is 6.19. The van der Waals surface area contributed by atoms with Gasteiger partial charge in [-0.25, -0.2) is 4.90 Å². The van der Waals surface area contributed by atoms with Crippen LogP contribution in [-0.2, 0) is 14.4 Å². The number of phenols is 1. The summed E-state index contributed by atoms with van der Waals surface area (Å²) in [5, 5.41) is 23.8. The molecule has 8 heteroatoms. The number of nitrogens with one attached hydrogen (secondary N) is 1. The van der Waals surface area contributed by atoms with Crippen molar-refractivity contribution in [3.05, 3.63) is 54.1 Å². The van der Waals surface area contributed by atoms with E-state index in [1.807, 2.05) is 0 Å². The number of rotatable bonds is 5. The number of hydrogen-bond acceptors (Lipinski definition) is 6. The lowest BCUT2D eigenvalue weighted by atomic mass is 9.78.